The third-order valence-electron chi connectivity index (χ3n) is 4.00. The molecule has 1 fully saturated rings. The number of hydrogen-bond acceptors (Lipinski definition) is 3. The highest BCUT2D eigenvalue weighted by Gasteiger charge is 2.33. The Bertz CT molecular complexity index is 548. The van der Waals surface area contributed by atoms with Gasteiger partial charge in [-0.2, -0.15) is 13.2 Å². The molecule has 0 radical (unpaired) electrons. The molecule has 0 N–H and O–H groups in total. The maximum absolute atomic E-state index is 12.6. The molecule has 4 nitrogen and oxygen atoms in total. The Kier molecular flexibility index (Phi) is 5.62. The molecule has 1 aromatic heterocycles. The van der Waals surface area contributed by atoms with Crippen LogP contribution in [0, 0.1) is 12.8 Å². The number of aromatic nitrogens is 1. The first kappa shape index (κ1) is 17.7. The topological polar surface area (TPSA) is 36.4 Å². The van der Waals surface area contributed by atoms with Crippen LogP contribution >= 0.6 is 0 Å². The number of alkyl halides is 3. The zero-order valence-corrected chi connectivity index (χ0v) is 13.4. The minimum absolute atomic E-state index is 0.0128. The van der Waals surface area contributed by atoms with Gasteiger partial charge in [-0.05, 0) is 24.5 Å². The molecule has 1 aliphatic heterocycles. The van der Waals surface area contributed by atoms with Gasteiger partial charge in [0.25, 0.3) is 0 Å². The first-order chi connectivity index (χ1) is 10.7. The molecule has 0 unspecified atom stereocenters. The second-order valence-electron chi connectivity index (χ2n) is 6.22. The zero-order valence-electron chi connectivity index (χ0n) is 13.4. The Labute approximate surface area is 134 Å². The van der Waals surface area contributed by atoms with Crippen LogP contribution in [0.3, 0.4) is 0 Å². The summed E-state index contributed by atoms with van der Waals surface area (Å²) in [6.07, 6.45) is -2.29. The average molecular weight is 329 g/mol. The van der Waals surface area contributed by atoms with E-state index < -0.39 is 12.7 Å². The summed E-state index contributed by atoms with van der Waals surface area (Å²) in [6, 6.07) is 3.64. The van der Waals surface area contributed by atoms with E-state index >= 15 is 0 Å². The molecule has 0 aromatic carbocycles. The normalized spacial score (nSPS) is 20.4. The summed E-state index contributed by atoms with van der Waals surface area (Å²) in [4.78, 5) is 19.7. The van der Waals surface area contributed by atoms with Crippen LogP contribution in [0.1, 0.15) is 18.2 Å². The molecule has 7 heteroatoms. The van der Waals surface area contributed by atoms with Crippen molar-refractivity contribution < 1.29 is 18.0 Å². The predicted octanol–water partition coefficient (Wildman–Crippen LogP) is 2.28. The standard InChI is InChI=1S/C16H22F3N3O/c1-12-9-21(11-16(17,18)19)6-7-22(10-12)15(23)8-14-4-3-5-20-13(14)2/h3-5,12H,6-11H2,1-2H3/t12-/m0/s1. The van der Waals surface area contributed by atoms with Gasteiger partial charge in [-0.15, -0.1) is 0 Å². The van der Waals surface area contributed by atoms with Crippen molar-refractivity contribution in [1.82, 2.24) is 14.8 Å². The van der Waals surface area contributed by atoms with Gasteiger partial charge >= 0.3 is 6.18 Å². The molecular weight excluding hydrogens is 307 g/mol. The smallest absolute Gasteiger partial charge is 0.341 e. The second-order valence-corrected chi connectivity index (χ2v) is 6.22. The fraction of sp³-hybridized carbons (Fsp3) is 0.625. The molecule has 1 saturated heterocycles. The Morgan fingerprint density at radius 1 is 1.35 bits per heavy atom. The first-order valence-electron chi connectivity index (χ1n) is 7.72. The fourth-order valence-corrected chi connectivity index (χ4v) is 2.92. The van der Waals surface area contributed by atoms with Gasteiger partial charge in [0.15, 0.2) is 0 Å². The van der Waals surface area contributed by atoms with Crippen molar-refractivity contribution in [2.24, 2.45) is 5.92 Å². The van der Waals surface area contributed by atoms with E-state index in [0.29, 0.717) is 19.6 Å². The summed E-state index contributed by atoms with van der Waals surface area (Å²) in [5.74, 6) is -0.0411. The van der Waals surface area contributed by atoms with Crippen LogP contribution in [0.2, 0.25) is 0 Å². The van der Waals surface area contributed by atoms with E-state index in [2.05, 4.69) is 4.98 Å². The molecule has 0 aliphatic carbocycles. The minimum atomic E-state index is -4.20. The molecule has 1 aromatic rings. The van der Waals surface area contributed by atoms with E-state index in [1.54, 1.807) is 17.2 Å². The molecule has 1 amide bonds. The number of pyridine rings is 1. The van der Waals surface area contributed by atoms with Crippen LogP contribution in [0.5, 0.6) is 0 Å². The highest BCUT2D eigenvalue weighted by Crippen LogP contribution is 2.19. The summed E-state index contributed by atoms with van der Waals surface area (Å²) in [5.41, 5.74) is 1.67. The lowest BCUT2D eigenvalue weighted by Crippen LogP contribution is -2.39. The molecule has 23 heavy (non-hydrogen) atoms. The third-order valence-corrected chi connectivity index (χ3v) is 4.00. The van der Waals surface area contributed by atoms with Crippen molar-refractivity contribution in [1.29, 1.82) is 0 Å². The average Bonchev–Trinajstić information content (AvgIpc) is 2.61. The summed E-state index contributed by atoms with van der Waals surface area (Å²) in [6.45, 7) is 4.24. The van der Waals surface area contributed by atoms with Crippen molar-refractivity contribution in [2.45, 2.75) is 26.4 Å². The number of nitrogens with zero attached hydrogens (tertiary/aromatic N) is 3. The quantitative estimate of drug-likeness (QED) is 0.854. The summed E-state index contributed by atoms with van der Waals surface area (Å²) in [5, 5.41) is 0. The Morgan fingerprint density at radius 2 is 2.09 bits per heavy atom. The highest BCUT2D eigenvalue weighted by molar-refractivity contribution is 5.79. The number of rotatable bonds is 3. The predicted molar refractivity (Wildman–Crippen MR) is 80.9 cm³/mol. The van der Waals surface area contributed by atoms with Crippen molar-refractivity contribution in [2.75, 3.05) is 32.7 Å². The van der Waals surface area contributed by atoms with Crippen molar-refractivity contribution in [3.8, 4) is 0 Å². The molecular formula is C16H22F3N3O. The maximum atomic E-state index is 12.6. The lowest BCUT2D eigenvalue weighted by atomic mass is 10.1. The van der Waals surface area contributed by atoms with Gasteiger partial charge < -0.3 is 4.90 Å². The molecule has 1 aliphatic rings. The minimum Gasteiger partial charge on any atom is -0.341 e. The second kappa shape index (κ2) is 7.29. The van der Waals surface area contributed by atoms with Gasteiger partial charge in [0.1, 0.15) is 0 Å². The summed E-state index contributed by atoms with van der Waals surface area (Å²) in [7, 11) is 0. The Hall–Kier alpha value is -1.63. The Balaban J connectivity index is 1.98. The molecule has 2 rings (SSSR count). The molecule has 0 saturated carbocycles. The molecule has 128 valence electrons. The van der Waals surface area contributed by atoms with Gasteiger partial charge in [0.05, 0.1) is 13.0 Å². The van der Waals surface area contributed by atoms with E-state index in [1.807, 2.05) is 19.9 Å². The number of halogens is 3. The molecule has 0 spiro atoms. The van der Waals surface area contributed by atoms with Gasteiger partial charge in [-0.25, -0.2) is 0 Å². The van der Waals surface area contributed by atoms with Crippen molar-refractivity contribution in [3.63, 3.8) is 0 Å². The van der Waals surface area contributed by atoms with E-state index in [-0.39, 0.29) is 24.8 Å². The van der Waals surface area contributed by atoms with E-state index in [0.717, 1.165) is 11.3 Å². The summed E-state index contributed by atoms with van der Waals surface area (Å²) >= 11 is 0. The van der Waals surface area contributed by atoms with Crippen LogP contribution in [0.4, 0.5) is 13.2 Å². The first-order valence-corrected chi connectivity index (χ1v) is 7.72. The number of hydrogen-bond donors (Lipinski definition) is 0. The Morgan fingerprint density at radius 3 is 2.74 bits per heavy atom. The van der Waals surface area contributed by atoms with Crippen LogP contribution < -0.4 is 0 Å². The number of carbonyl (C=O) groups is 1. The van der Waals surface area contributed by atoms with Gasteiger partial charge in [-0.3, -0.25) is 14.7 Å². The molecule has 2 heterocycles. The van der Waals surface area contributed by atoms with Gasteiger partial charge in [-0.1, -0.05) is 13.0 Å². The van der Waals surface area contributed by atoms with Crippen molar-refractivity contribution >= 4 is 5.91 Å². The molecule has 1 atom stereocenters. The SMILES string of the molecule is Cc1ncccc1CC(=O)N1CCN(CC(F)(F)F)C[C@H](C)C1. The van der Waals surface area contributed by atoms with Crippen molar-refractivity contribution in [3.05, 3.63) is 29.6 Å². The number of aryl methyl sites for hydroxylation is 1. The third kappa shape index (κ3) is 5.49. The zero-order chi connectivity index (χ0) is 17.0. The maximum Gasteiger partial charge on any atom is 0.401 e. The van der Waals surface area contributed by atoms with Gasteiger partial charge in [0.2, 0.25) is 5.91 Å². The lowest BCUT2D eigenvalue weighted by molar-refractivity contribution is -0.146. The van der Waals surface area contributed by atoms with E-state index in [1.165, 1.54) is 4.90 Å². The van der Waals surface area contributed by atoms with Crippen LogP contribution in [-0.4, -0.2) is 59.6 Å². The van der Waals surface area contributed by atoms with Crippen LogP contribution in [0.15, 0.2) is 18.3 Å². The number of amides is 1. The fourth-order valence-electron chi connectivity index (χ4n) is 2.92. The lowest BCUT2D eigenvalue weighted by Gasteiger charge is -2.23. The van der Waals surface area contributed by atoms with E-state index in [9.17, 15) is 18.0 Å². The van der Waals surface area contributed by atoms with E-state index in [4.69, 9.17) is 0 Å². The largest absolute Gasteiger partial charge is 0.401 e. The van der Waals surface area contributed by atoms with Crippen LogP contribution in [-0.2, 0) is 11.2 Å². The van der Waals surface area contributed by atoms with Gasteiger partial charge in [0, 0.05) is 38.1 Å². The van der Waals surface area contributed by atoms with Crippen LogP contribution in [0.25, 0.3) is 0 Å². The highest BCUT2D eigenvalue weighted by atomic mass is 19.4. The summed E-state index contributed by atoms with van der Waals surface area (Å²) < 4.78 is 37.7. The monoisotopic (exact) mass is 329 g/mol. The number of carbonyl (C=O) groups excluding carboxylic acids is 1. The molecule has 0 bridgehead atoms.